The van der Waals surface area contributed by atoms with Gasteiger partial charge in [0.15, 0.2) is 0 Å². The predicted molar refractivity (Wildman–Crippen MR) is 85.4 cm³/mol. The molecular weight excluding hydrogens is 278 g/mol. The molecule has 0 bridgehead atoms. The van der Waals surface area contributed by atoms with Gasteiger partial charge in [0.25, 0.3) is 0 Å². The third-order valence-corrected chi connectivity index (χ3v) is 4.91. The molecular formula is C16H25N5O. The number of piperazine rings is 1. The van der Waals surface area contributed by atoms with Crippen molar-refractivity contribution in [3.63, 3.8) is 0 Å². The van der Waals surface area contributed by atoms with E-state index in [1.54, 1.807) is 18.6 Å². The smallest absolute Gasteiger partial charge is 0.223 e. The van der Waals surface area contributed by atoms with E-state index in [9.17, 15) is 4.79 Å². The summed E-state index contributed by atoms with van der Waals surface area (Å²) in [6, 6.07) is 0.207. The zero-order valence-corrected chi connectivity index (χ0v) is 13.0. The molecule has 120 valence electrons. The van der Waals surface area contributed by atoms with Gasteiger partial charge in [-0.25, -0.2) is 4.98 Å². The van der Waals surface area contributed by atoms with Crippen LogP contribution in [0.5, 0.6) is 0 Å². The lowest BCUT2D eigenvalue weighted by Gasteiger charge is -2.36. The third-order valence-electron chi connectivity index (χ3n) is 4.91. The van der Waals surface area contributed by atoms with Gasteiger partial charge in [0.2, 0.25) is 5.91 Å². The number of amides is 1. The van der Waals surface area contributed by atoms with Gasteiger partial charge in [-0.3, -0.25) is 9.78 Å². The van der Waals surface area contributed by atoms with Gasteiger partial charge in [0.1, 0.15) is 5.82 Å². The largest absolute Gasteiger partial charge is 0.352 e. The highest BCUT2D eigenvalue weighted by Gasteiger charge is 2.28. The van der Waals surface area contributed by atoms with E-state index >= 15 is 0 Å². The Kier molecular flexibility index (Phi) is 4.87. The minimum absolute atomic E-state index is 0.207. The molecule has 0 spiro atoms. The van der Waals surface area contributed by atoms with E-state index in [0.717, 1.165) is 44.8 Å². The summed E-state index contributed by atoms with van der Waals surface area (Å²) < 4.78 is 0. The summed E-state index contributed by atoms with van der Waals surface area (Å²) in [4.78, 5) is 25.1. The molecule has 1 amide bonds. The molecule has 1 aliphatic carbocycles. The highest BCUT2D eigenvalue weighted by Crippen LogP contribution is 2.26. The summed E-state index contributed by atoms with van der Waals surface area (Å²) in [6.45, 7) is 3.16. The van der Waals surface area contributed by atoms with Crippen LogP contribution in [0.2, 0.25) is 0 Å². The highest BCUT2D eigenvalue weighted by atomic mass is 16.2. The average Bonchev–Trinajstić information content (AvgIpc) is 2.58. The first-order chi connectivity index (χ1) is 10.7. The van der Waals surface area contributed by atoms with Crippen LogP contribution < -0.4 is 10.6 Å². The predicted octanol–water partition coefficient (Wildman–Crippen LogP) is 1.03. The van der Waals surface area contributed by atoms with Crippen molar-refractivity contribution in [2.24, 2.45) is 11.7 Å². The molecule has 2 fully saturated rings. The summed E-state index contributed by atoms with van der Waals surface area (Å²) in [7, 11) is 0. The minimum atomic E-state index is 0.207. The van der Waals surface area contributed by atoms with Crippen LogP contribution in [-0.4, -0.2) is 53.0 Å². The van der Waals surface area contributed by atoms with Crippen molar-refractivity contribution >= 4 is 11.7 Å². The Bertz CT molecular complexity index is 487. The van der Waals surface area contributed by atoms with Crippen LogP contribution in [0.3, 0.4) is 0 Å². The van der Waals surface area contributed by atoms with E-state index in [0.29, 0.717) is 12.3 Å². The molecule has 1 saturated heterocycles. The van der Waals surface area contributed by atoms with E-state index in [2.05, 4.69) is 14.9 Å². The Balaban J connectivity index is 1.49. The van der Waals surface area contributed by atoms with Crippen molar-refractivity contribution in [3.05, 3.63) is 18.6 Å². The van der Waals surface area contributed by atoms with E-state index in [1.165, 1.54) is 12.8 Å². The van der Waals surface area contributed by atoms with Crippen LogP contribution in [0, 0.1) is 5.92 Å². The standard InChI is InChI=1S/C16H25N5O/c17-14-4-2-1-3-13(14)11-16(22)21-9-7-20(8-10-21)15-12-18-5-6-19-15/h5-6,12-14H,1-4,7-11,17H2. The molecule has 1 saturated carbocycles. The number of carbonyl (C=O) groups is 1. The van der Waals surface area contributed by atoms with Gasteiger partial charge in [0.05, 0.1) is 6.20 Å². The first-order valence-corrected chi connectivity index (χ1v) is 8.28. The van der Waals surface area contributed by atoms with E-state index in [4.69, 9.17) is 5.73 Å². The normalized spacial score (nSPS) is 26.0. The number of hydrogen-bond donors (Lipinski definition) is 1. The van der Waals surface area contributed by atoms with Gasteiger partial charge in [-0.2, -0.15) is 0 Å². The highest BCUT2D eigenvalue weighted by molar-refractivity contribution is 5.76. The lowest BCUT2D eigenvalue weighted by molar-refractivity contribution is -0.132. The summed E-state index contributed by atoms with van der Waals surface area (Å²) in [5.74, 6) is 1.53. The van der Waals surface area contributed by atoms with Gasteiger partial charge in [-0.1, -0.05) is 12.8 Å². The summed E-state index contributed by atoms with van der Waals surface area (Å²) in [5.41, 5.74) is 6.16. The number of rotatable bonds is 3. The van der Waals surface area contributed by atoms with Crippen molar-refractivity contribution in [1.29, 1.82) is 0 Å². The second kappa shape index (κ2) is 7.05. The Hall–Kier alpha value is -1.69. The van der Waals surface area contributed by atoms with Crippen LogP contribution in [0.15, 0.2) is 18.6 Å². The summed E-state index contributed by atoms with van der Waals surface area (Å²) in [6.07, 6.45) is 10.4. The first kappa shape index (κ1) is 15.2. The van der Waals surface area contributed by atoms with E-state index in [-0.39, 0.29) is 11.9 Å². The number of nitrogens with zero attached hydrogens (tertiary/aromatic N) is 4. The summed E-state index contributed by atoms with van der Waals surface area (Å²) in [5, 5.41) is 0. The monoisotopic (exact) mass is 303 g/mol. The Morgan fingerprint density at radius 1 is 1.18 bits per heavy atom. The molecule has 6 nitrogen and oxygen atoms in total. The minimum Gasteiger partial charge on any atom is -0.352 e. The number of aromatic nitrogens is 2. The summed E-state index contributed by atoms with van der Waals surface area (Å²) >= 11 is 0. The molecule has 0 radical (unpaired) electrons. The van der Waals surface area contributed by atoms with Crippen LogP contribution >= 0.6 is 0 Å². The lowest BCUT2D eigenvalue weighted by atomic mass is 9.82. The average molecular weight is 303 g/mol. The first-order valence-electron chi connectivity index (χ1n) is 8.28. The van der Waals surface area contributed by atoms with Crippen molar-refractivity contribution in [3.8, 4) is 0 Å². The van der Waals surface area contributed by atoms with Gasteiger partial charge < -0.3 is 15.5 Å². The van der Waals surface area contributed by atoms with Gasteiger partial charge in [-0.05, 0) is 18.8 Å². The lowest BCUT2D eigenvalue weighted by Crippen LogP contribution is -2.50. The van der Waals surface area contributed by atoms with Gasteiger partial charge in [0, 0.05) is 51.0 Å². The molecule has 1 aromatic heterocycles. The molecule has 2 unspecified atom stereocenters. The molecule has 1 aromatic rings. The number of carbonyl (C=O) groups excluding carboxylic acids is 1. The quantitative estimate of drug-likeness (QED) is 0.903. The van der Waals surface area contributed by atoms with Crippen LogP contribution in [0.25, 0.3) is 0 Å². The van der Waals surface area contributed by atoms with Gasteiger partial charge in [-0.15, -0.1) is 0 Å². The maximum absolute atomic E-state index is 12.5. The van der Waals surface area contributed by atoms with E-state index in [1.807, 2.05) is 4.90 Å². The number of anilines is 1. The topological polar surface area (TPSA) is 75.4 Å². The van der Waals surface area contributed by atoms with Crippen molar-refractivity contribution in [2.75, 3.05) is 31.1 Å². The zero-order chi connectivity index (χ0) is 15.4. The maximum atomic E-state index is 12.5. The molecule has 0 aromatic carbocycles. The second-order valence-corrected chi connectivity index (χ2v) is 6.34. The molecule has 22 heavy (non-hydrogen) atoms. The van der Waals surface area contributed by atoms with Crippen molar-refractivity contribution < 1.29 is 4.79 Å². The molecule has 2 N–H and O–H groups in total. The molecule has 6 heteroatoms. The zero-order valence-electron chi connectivity index (χ0n) is 13.0. The molecule has 2 atom stereocenters. The Morgan fingerprint density at radius 2 is 1.95 bits per heavy atom. The molecule has 2 aliphatic rings. The maximum Gasteiger partial charge on any atom is 0.223 e. The number of nitrogens with two attached hydrogens (primary N) is 1. The van der Waals surface area contributed by atoms with Crippen molar-refractivity contribution in [1.82, 2.24) is 14.9 Å². The third kappa shape index (κ3) is 3.55. The van der Waals surface area contributed by atoms with Gasteiger partial charge >= 0.3 is 0 Å². The molecule has 1 aliphatic heterocycles. The Labute approximate surface area is 131 Å². The van der Waals surface area contributed by atoms with Crippen LogP contribution in [0.1, 0.15) is 32.1 Å². The number of hydrogen-bond acceptors (Lipinski definition) is 5. The fourth-order valence-electron chi connectivity index (χ4n) is 3.48. The van der Waals surface area contributed by atoms with Crippen molar-refractivity contribution in [2.45, 2.75) is 38.1 Å². The fraction of sp³-hybridized carbons (Fsp3) is 0.688. The fourth-order valence-corrected chi connectivity index (χ4v) is 3.48. The van der Waals surface area contributed by atoms with Crippen LogP contribution in [-0.2, 0) is 4.79 Å². The second-order valence-electron chi connectivity index (χ2n) is 6.34. The SMILES string of the molecule is NC1CCCCC1CC(=O)N1CCN(c2cnccn2)CC1. The molecule has 3 rings (SSSR count). The van der Waals surface area contributed by atoms with Crippen LogP contribution in [0.4, 0.5) is 5.82 Å². The molecule has 2 heterocycles. The van der Waals surface area contributed by atoms with E-state index < -0.39 is 0 Å². The Morgan fingerprint density at radius 3 is 2.64 bits per heavy atom.